The molecular formula is C26H31N3O3. The molecule has 2 amide bonds. The van der Waals surface area contributed by atoms with E-state index in [0.717, 1.165) is 31.2 Å². The number of hydrogen-bond donors (Lipinski definition) is 2. The van der Waals surface area contributed by atoms with Crippen molar-refractivity contribution in [2.24, 2.45) is 0 Å². The number of para-hydroxylation sites is 1. The Labute approximate surface area is 188 Å². The molecule has 2 heterocycles. The molecule has 1 fully saturated rings. The number of fused-ring (bicyclic) bond motifs is 1. The van der Waals surface area contributed by atoms with Crippen LogP contribution in [0.3, 0.4) is 0 Å². The molecule has 4 rings (SSSR count). The topological polar surface area (TPSA) is 74.4 Å². The molecular weight excluding hydrogens is 402 g/mol. The fraction of sp³-hybridized carbons (Fsp3) is 0.385. The third kappa shape index (κ3) is 5.02. The van der Waals surface area contributed by atoms with Crippen LogP contribution in [0.1, 0.15) is 41.6 Å². The maximum absolute atomic E-state index is 12.9. The Bertz CT molecular complexity index is 1050. The molecule has 0 saturated carbocycles. The molecule has 0 atom stereocenters. The minimum atomic E-state index is -0.351. The Hall–Kier alpha value is -3.12. The Morgan fingerprint density at radius 2 is 1.78 bits per heavy atom. The Balaban J connectivity index is 1.35. The van der Waals surface area contributed by atoms with E-state index < -0.39 is 0 Å². The highest BCUT2D eigenvalue weighted by molar-refractivity contribution is 5.94. The van der Waals surface area contributed by atoms with Crippen LogP contribution in [0.25, 0.3) is 10.9 Å². The van der Waals surface area contributed by atoms with Crippen molar-refractivity contribution in [3.8, 4) is 0 Å². The van der Waals surface area contributed by atoms with Gasteiger partial charge in [-0.15, -0.1) is 0 Å². The lowest BCUT2D eigenvalue weighted by Crippen LogP contribution is -2.56. The van der Waals surface area contributed by atoms with Crippen molar-refractivity contribution in [3.05, 3.63) is 71.9 Å². The highest BCUT2D eigenvalue weighted by atomic mass is 16.5. The highest BCUT2D eigenvalue weighted by Gasteiger charge is 2.37. The number of carbonyl (C=O) groups excluding carboxylic acids is 2. The van der Waals surface area contributed by atoms with Gasteiger partial charge in [-0.05, 0) is 49.4 Å². The number of piperidine rings is 1. The Morgan fingerprint density at radius 3 is 2.53 bits per heavy atom. The number of H-pyrrole nitrogens is 1. The molecule has 0 aliphatic carbocycles. The SMILES string of the molecule is COCCC1(NC(=O)c2ccccc2)CCN(C(=O)CCc2c[nH]c3ccccc23)CC1. The lowest BCUT2D eigenvalue weighted by atomic mass is 9.84. The third-order valence-electron chi connectivity index (χ3n) is 6.56. The van der Waals surface area contributed by atoms with Crippen molar-refractivity contribution in [2.45, 2.75) is 37.6 Å². The number of aromatic amines is 1. The number of nitrogens with one attached hydrogen (secondary N) is 2. The second-order valence-corrected chi connectivity index (χ2v) is 8.58. The fourth-order valence-corrected chi connectivity index (χ4v) is 4.56. The normalized spacial score (nSPS) is 15.6. The summed E-state index contributed by atoms with van der Waals surface area (Å²) in [5, 5.41) is 4.44. The summed E-state index contributed by atoms with van der Waals surface area (Å²) in [6.45, 7) is 1.86. The number of aromatic nitrogens is 1. The van der Waals surface area contributed by atoms with E-state index in [1.807, 2.05) is 53.6 Å². The van der Waals surface area contributed by atoms with Crippen molar-refractivity contribution in [1.82, 2.24) is 15.2 Å². The van der Waals surface area contributed by atoms with Gasteiger partial charge in [0.25, 0.3) is 5.91 Å². The average Bonchev–Trinajstić information content (AvgIpc) is 3.25. The number of likely N-dealkylation sites (tertiary alicyclic amines) is 1. The summed E-state index contributed by atoms with van der Waals surface area (Å²) < 4.78 is 5.31. The van der Waals surface area contributed by atoms with E-state index in [1.165, 1.54) is 10.9 Å². The van der Waals surface area contributed by atoms with Gasteiger partial charge in [0, 0.05) is 61.4 Å². The van der Waals surface area contributed by atoms with Gasteiger partial charge >= 0.3 is 0 Å². The van der Waals surface area contributed by atoms with Crippen molar-refractivity contribution in [3.63, 3.8) is 0 Å². The molecule has 0 spiro atoms. The zero-order valence-corrected chi connectivity index (χ0v) is 18.6. The predicted octanol–water partition coefficient (Wildman–Crippen LogP) is 3.93. The minimum absolute atomic E-state index is 0.0687. The molecule has 6 nitrogen and oxygen atoms in total. The number of rotatable bonds is 8. The summed E-state index contributed by atoms with van der Waals surface area (Å²) in [4.78, 5) is 30.9. The highest BCUT2D eigenvalue weighted by Crippen LogP contribution is 2.27. The smallest absolute Gasteiger partial charge is 0.251 e. The molecule has 1 aliphatic heterocycles. The van der Waals surface area contributed by atoms with Crippen LogP contribution in [0.15, 0.2) is 60.8 Å². The van der Waals surface area contributed by atoms with Crippen LogP contribution in [-0.4, -0.2) is 54.0 Å². The van der Waals surface area contributed by atoms with E-state index in [-0.39, 0.29) is 17.4 Å². The number of carbonyl (C=O) groups is 2. The first kappa shape index (κ1) is 22.1. The fourth-order valence-electron chi connectivity index (χ4n) is 4.56. The summed E-state index contributed by atoms with van der Waals surface area (Å²) in [5.41, 5.74) is 2.58. The number of hydrogen-bond acceptors (Lipinski definition) is 3. The summed E-state index contributed by atoms with van der Waals surface area (Å²) >= 11 is 0. The van der Waals surface area contributed by atoms with Crippen LogP contribution in [0.5, 0.6) is 0 Å². The summed E-state index contributed by atoms with van der Waals surface area (Å²) in [6.07, 6.45) is 5.41. The minimum Gasteiger partial charge on any atom is -0.385 e. The summed E-state index contributed by atoms with van der Waals surface area (Å²) in [7, 11) is 1.68. The molecule has 1 saturated heterocycles. The van der Waals surface area contributed by atoms with Gasteiger partial charge in [0.15, 0.2) is 0 Å². The molecule has 32 heavy (non-hydrogen) atoms. The van der Waals surface area contributed by atoms with E-state index in [0.29, 0.717) is 31.7 Å². The van der Waals surface area contributed by atoms with Gasteiger partial charge < -0.3 is 19.9 Å². The van der Waals surface area contributed by atoms with Crippen LogP contribution in [0, 0.1) is 0 Å². The number of methoxy groups -OCH3 is 1. The molecule has 168 valence electrons. The van der Waals surface area contributed by atoms with E-state index in [9.17, 15) is 9.59 Å². The van der Waals surface area contributed by atoms with Crippen LogP contribution in [0.2, 0.25) is 0 Å². The monoisotopic (exact) mass is 433 g/mol. The van der Waals surface area contributed by atoms with Crippen LogP contribution in [0.4, 0.5) is 0 Å². The lowest BCUT2D eigenvalue weighted by molar-refractivity contribution is -0.132. The number of aryl methyl sites for hydroxylation is 1. The first-order valence-corrected chi connectivity index (χ1v) is 11.3. The zero-order valence-electron chi connectivity index (χ0n) is 18.6. The molecule has 2 N–H and O–H groups in total. The standard InChI is InChI=1S/C26H31N3O3/c1-32-18-15-26(28-25(31)20-7-3-2-4-8-20)13-16-29(17-14-26)24(30)12-11-21-19-27-23-10-6-5-9-22(21)23/h2-10,19,27H,11-18H2,1H3,(H,28,31). The summed E-state index contributed by atoms with van der Waals surface area (Å²) in [6, 6.07) is 17.4. The van der Waals surface area contributed by atoms with Crippen LogP contribution >= 0.6 is 0 Å². The van der Waals surface area contributed by atoms with Crippen molar-refractivity contribution < 1.29 is 14.3 Å². The predicted molar refractivity (Wildman–Crippen MR) is 126 cm³/mol. The van der Waals surface area contributed by atoms with E-state index >= 15 is 0 Å². The Kier molecular flexibility index (Phi) is 6.90. The van der Waals surface area contributed by atoms with Gasteiger partial charge in [-0.25, -0.2) is 0 Å². The number of benzene rings is 2. The number of amides is 2. The molecule has 6 heteroatoms. The van der Waals surface area contributed by atoms with E-state index in [1.54, 1.807) is 7.11 Å². The molecule has 0 radical (unpaired) electrons. The van der Waals surface area contributed by atoms with E-state index in [4.69, 9.17) is 4.74 Å². The quantitative estimate of drug-likeness (QED) is 0.565. The molecule has 0 unspecified atom stereocenters. The zero-order chi connectivity index (χ0) is 22.4. The van der Waals surface area contributed by atoms with Gasteiger partial charge in [-0.3, -0.25) is 9.59 Å². The van der Waals surface area contributed by atoms with Gasteiger partial charge in [-0.2, -0.15) is 0 Å². The molecule has 0 bridgehead atoms. The lowest BCUT2D eigenvalue weighted by Gasteiger charge is -2.42. The van der Waals surface area contributed by atoms with Crippen molar-refractivity contribution >= 4 is 22.7 Å². The molecule has 3 aromatic rings. The summed E-state index contributed by atoms with van der Waals surface area (Å²) in [5.74, 6) is 0.103. The number of nitrogens with zero attached hydrogens (tertiary/aromatic N) is 1. The van der Waals surface area contributed by atoms with E-state index in [2.05, 4.69) is 22.4 Å². The second-order valence-electron chi connectivity index (χ2n) is 8.58. The average molecular weight is 434 g/mol. The van der Waals surface area contributed by atoms with Crippen LogP contribution < -0.4 is 5.32 Å². The van der Waals surface area contributed by atoms with Gasteiger partial charge in [0.1, 0.15) is 0 Å². The second kappa shape index (κ2) is 10.0. The third-order valence-corrected chi connectivity index (χ3v) is 6.56. The van der Waals surface area contributed by atoms with Gasteiger partial charge in [0.05, 0.1) is 0 Å². The Morgan fingerprint density at radius 1 is 1.06 bits per heavy atom. The largest absolute Gasteiger partial charge is 0.385 e. The van der Waals surface area contributed by atoms with Crippen LogP contribution in [-0.2, 0) is 16.0 Å². The number of ether oxygens (including phenoxy) is 1. The maximum atomic E-state index is 12.9. The van der Waals surface area contributed by atoms with Crippen molar-refractivity contribution in [2.75, 3.05) is 26.8 Å². The first-order chi connectivity index (χ1) is 15.6. The first-order valence-electron chi connectivity index (χ1n) is 11.3. The maximum Gasteiger partial charge on any atom is 0.251 e. The molecule has 2 aromatic carbocycles. The van der Waals surface area contributed by atoms with Gasteiger partial charge in [0.2, 0.25) is 5.91 Å². The van der Waals surface area contributed by atoms with Crippen molar-refractivity contribution in [1.29, 1.82) is 0 Å². The molecule has 1 aliphatic rings. The molecule has 1 aromatic heterocycles. The van der Waals surface area contributed by atoms with Gasteiger partial charge in [-0.1, -0.05) is 36.4 Å².